The fourth-order valence-electron chi connectivity index (χ4n) is 3.31. The van der Waals surface area contributed by atoms with Crippen molar-refractivity contribution < 1.29 is 22.9 Å². The minimum atomic E-state index is -3.61. The molecule has 32 heavy (non-hydrogen) atoms. The lowest BCUT2D eigenvalue weighted by atomic mass is 9.98. The first kappa shape index (κ1) is 23.8. The summed E-state index contributed by atoms with van der Waals surface area (Å²) >= 11 is 3.28. The summed E-state index contributed by atoms with van der Waals surface area (Å²) in [5.74, 6) is -0.584. The van der Waals surface area contributed by atoms with Crippen molar-refractivity contribution >= 4 is 43.8 Å². The lowest BCUT2D eigenvalue weighted by molar-refractivity contribution is -0.385. The van der Waals surface area contributed by atoms with Crippen LogP contribution in [-0.4, -0.2) is 50.0 Å². The van der Waals surface area contributed by atoms with E-state index in [0.717, 1.165) is 4.47 Å². The average Bonchev–Trinajstić information content (AvgIpc) is 2.79. The first-order chi connectivity index (χ1) is 15.2. The van der Waals surface area contributed by atoms with Gasteiger partial charge in [-0.2, -0.15) is 9.41 Å². The number of amides is 1. The van der Waals surface area contributed by atoms with Gasteiger partial charge in [-0.05, 0) is 49.2 Å². The van der Waals surface area contributed by atoms with E-state index < -0.39 is 14.9 Å². The molecule has 0 aliphatic carbocycles. The summed E-state index contributed by atoms with van der Waals surface area (Å²) in [5.41, 5.74) is 2.64. The largest absolute Gasteiger partial charge is 0.490 e. The van der Waals surface area contributed by atoms with Crippen LogP contribution >= 0.6 is 15.9 Å². The number of hydrazone groups is 1. The molecule has 0 unspecified atom stereocenters. The van der Waals surface area contributed by atoms with Gasteiger partial charge in [-0.1, -0.05) is 15.9 Å². The molecule has 170 valence electrons. The molecule has 0 bridgehead atoms. The molecule has 1 N–H and O–H groups in total. The van der Waals surface area contributed by atoms with Crippen LogP contribution in [0.2, 0.25) is 0 Å². The zero-order valence-electron chi connectivity index (χ0n) is 17.1. The normalized spacial score (nSPS) is 15.6. The van der Waals surface area contributed by atoms with Gasteiger partial charge in [0.2, 0.25) is 15.9 Å². The van der Waals surface area contributed by atoms with Crippen LogP contribution in [0.1, 0.15) is 18.4 Å². The van der Waals surface area contributed by atoms with E-state index in [-0.39, 0.29) is 41.2 Å². The Kier molecular flexibility index (Phi) is 7.59. The molecule has 1 aliphatic heterocycles. The molecule has 1 heterocycles. The number of carbonyl (C=O) groups excluding carboxylic acids is 1. The van der Waals surface area contributed by atoms with Crippen LogP contribution in [0.15, 0.2) is 56.9 Å². The third-order valence-corrected chi connectivity index (χ3v) is 7.51. The predicted molar refractivity (Wildman–Crippen MR) is 121 cm³/mol. The molecule has 0 saturated carbocycles. The Bertz CT molecular complexity index is 1130. The van der Waals surface area contributed by atoms with Gasteiger partial charge in [0.25, 0.3) is 0 Å². The maximum atomic E-state index is 12.8. The Morgan fingerprint density at radius 1 is 1.25 bits per heavy atom. The number of benzene rings is 2. The number of rotatable bonds is 7. The van der Waals surface area contributed by atoms with Crippen molar-refractivity contribution in [2.24, 2.45) is 11.0 Å². The van der Waals surface area contributed by atoms with Crippen molar-refractivity contribution in [3.8, 4) is 5.75 Å². The molecular formula is C20H21BrN4O6S. The maximum absolute atomic E-state index is 12.8. The summed E-state index contributed by atoms with van der Waals surface area (Å²) < 4.78 is 32.6. The average molecular weight is 525 g/mol. The highest BCUT2D eigenvalue weighted by molar-refractivity contribution is 9.10. The van der Waals surface area contributed by atoms with Crippen LogP contribution in [0.3, 0.4) is 0 Å². The van der Waals surface area contributed by atoms with Gasteiger partial charge in [0.05, 0.1) is 23.1 Å². The Balaban J connectivity index is 1.56. The first-order valence-corrected chi connectivity index (χ1v) is 11.9. The van der Waals surface area contributed by atoms with Crippen LogP contribution in [0.25, 0.3) is 0 Å². The van der Waals surface area contributed by atoms with Crippen molar-refractivity contribution in [3.63, 3.8) is 0 Å². The second kappa shape index (κ2) is 10.2. The van der Waals surface area contributed by atoms with Gasteiger partial charge in [0, 0.05) is 35.1 Å². The van der Waals surface area contributed by atoms with Gasteiger partial charge in [-0.15, -0.1) is 0 Å². The zero-order chi connectivity index (χ0) is 23.3. The van der Waals surface area contributed by atoms with E-state index >= 15 is 0 Å². The van der Waals surface area contributed by atoms with Crippen molar-refractivity contribution in [2.45, 2.75) is 17.7 Å². The number of nitro groups is 1. The van der Waals surface area contributed by atoms with Gasteiger partial charge in [0.15, 0.2) is 5.75 Å². The molecule has 2 aromatic rings. The van der Waals surface area contributed by atoms with E-state index in [4.69, 9.17) is 4.74 Å². The first-order valence-electron chi connectivity index (χ1n) is 9.63. The third-order valence-electron chi connectivity index (χ3n) is 5.06. The smallest absolute Gasteiger partial charge is 0.311 e. The highest BCUT2D eigenvalue weighted by Gasteiger charge is 2.32. The van der Waals surface area contributed by atoms with Gasteiger partial charge in [-0.25, -0.2) is 13.8 Å². The Labute approximate surface area is 193 Å². The molecule has 12 heteroatoms. The predicted octanol–water partition coefficient (Wildman–Crippen LogP) is 2.92. The number of hydrogen-bond donors (Lipinski definition) is 1. The van der Waals surface area contributed by atoms with Gasteiger partial charge in [0.1, 0.15) is 0 Å². The Morgan fingerprint density at radius 3 is 2.50 bits per heavy atom. The van der Waals surface area contributed by atoms with Crippen LogP contribution in [0.5, 0.6) is 5.75 Å². The van der Waals surface area contributed by atoms with E-state index in [9.17, 15) is 23.3 Å². The summed E-state index contributed by atoms with van der Waals surface area (Å²) in [6.45, 7) is 0.454. The summed E-state index contributed by atoms with van der Waals surface area (Å²) in [5, 5.41) is 15.0. The number of hydrogen-bond acceptors (Lipinski definition) is 7. The van der Waals surface area contributed by atoms with Crippen LogP contribution in [0, 0.1) is 16.0 Å². The second-order valence-corrected chi connectivity index (χ2v) is 9.91. The van der Waals surface area contributed by atoms with E-state index in [1.54, 1.807) is 18.2 Å². The maximum Gasteiger partial charge on any atom is 0.311 e. The van der Waals surface area contributed by atoms with E-state index in [1.807, 2.05) is 0 Å². The Morgan fingerprint density at radius 2 is 1.91 bits per heavy atom. The molecular weight excluding hydrogens is 504 g/mol. The molecule has 1 amide bonds. The van der Waals surface area contributed by atoms with Crippen molar-refractivity contribution in [1.82, 2.24) is 9.73 Å². The molecule has 1 aliphatic rings. The molecule has 2 aromatic carbocycles. The number of nitrogens with zero attached hydrogens (tertiary/aromatic N) is 3. The third kappa shape index (κ3) is 5.50. The zero-order valence-corrected chi connectivity index (χ0v) is 19.5. The standard InChI is InChI=1S/C20H21BrN4O6S/c1-31-19-7-2-14(12-18(19)25(27)28)13-22-23-20(26)15-8-10-24(11-9-15)32(29,30)17-5-3-16(21)4-6-17/h2-7,12-13,15H,8-11H2,1H3,(H,23,26)/b22-13-. The summed E-state index contributed by atoms with van der Waals surface area (Å²) in [7, 11) is -2.27. The topological polar surface area (TPSA) is 131 Å². The number of piperidine rings is 1. The number of halogens is 1. The molecule has 10 nitrogen and oxygen atoms in total. The minimum Gasteiger partial charge on any atom is -0.490 e. The molecule has 0 aromatic heterocycles. The van der Waals surface area contributed by atoms with Crippen LogP contribution in [-0.2, 0) is 14.8 Å². The van der Waals surface area contributed by atoms with E-state index in [2.05, 4.69) is 26.5 Å². The minimum absolute atomic E-state index is 0.126. The van der Waals surface area contributed by atoms with Crippen LogP contribution in [0.4, 0.5) is 5.69 Å². The summed E-state index contributed by atoms with van der Waals surface area (Å²) in [6.07, 6.45) is 2.04. The van der Waals surface area contributed by atoms with Gasteiger partial charge >= 0.3 is 5.69 Å². The molecule has 1 saturated heterocycles. The summed E-state index contributed by atoms with van der Waals surface area (Å²) in [4.78, 5) is 23.1. The van der Waals surface area contributed by atoms with Crippen molar-refractivity contribution in [1.29, 1.82) is 0 Å². The molecule has 1 fully saturated rings. The highest BCUT2D eigenvalue weighted by Crippen LogP contribution is 2.27. The Hall–Kier alpha value is -2.83. The van der Waals surface area contributed by atoms with E-state index in [0.29, 0.717) is 18.4 Å². The fourth-order valence-corrected chi connectivity index (χ4v) is 5.04. The van der Waals surface area contributed by atoms with E-state index in [1.165, 1.54) is 41.9 Å². The monoisotopic (exact) mass is 524 g/mol. The number of carbonyl (C=O) groups is 1. The molecule has 0 radical (unpaired) electrons. The quantitative estimate of drug-likeness (QED) is 0.336. The highest BCUT2D eigenvalue weighted by atomic mass is 79.9. The van der Waals surface area contributed by atoms with Crippen LogP contribution < -0.4 is 10.2 Å². The lowest BCUT2D eigenvalue weighted by Gasteiger charge is -2.30. The number of ether oxygens (including phenoxy) is 1. The lowest BCUT2D eigenvalue weighted by Crippen LogP contribution is -2.42. The molecule has 0 spiro atoms. The van der Waals surface area contributed by atoms with Gasteiger partial charge in [-0.3, -0.25) is 14.9 Å². The number of methoxy groups -OCH3 is 1. The van der Waals surface area contributed by atoms with Gasteiger partial charge < -0.3 is 4.74 Å². The fraction of sp³-hybridized carbons (Fsp3) is 0.300. The number of nitro benzene ring substituents is 1. The van der Waals surface area contributed by atoms with Crippen molar-refractivity contribution in [3.05, 3.63) is 62.6 Å². The SMILES string of the molecule is COc1ccc(/C=N\NC(=O)C2CCN(S(=O)(=O)c3ccc(Br)cc3)CC2)cc1[N+](=O)[O-]. The second-order valence-electron chi connectivity index (χ2n) is 7.05. The number of sulfonamides is 1. The van der Waals surface area contributed by atoms with Crippen molar-refractivity contribution in [2.75, 3.05) is 20.2 Å². The molecule has 3 rings (SSSR count). The summed E-state index contributed by atoms with van der Waals surface area (Å²) in [6, 6.07) is 10.7. The number of nitrogens with one attached hydrogen (secondary N) is 1. The molecule has 0 atom stereocenters.